The summed E-state index contributed by atoms with van der Waals surface area (Å²) >= 11 is 0. The lowest BCUT2D eigenvalue weighted by molar-refractivity contribution is -0.125. The van der Waals surface area contributed by atoms with Gasteiger partial charge < -0.3 is 9.64 Å². The molecule has 0 N–H and O–H groups in total. The van der Waals surface area contributed by atoms with Crippen LogP contribution in [0.25, 0.3) is 0 Å². The molecule has 2 rings (SSSR count). The van der Waals surface area contributed by atoms with Gasteiger partial charge in [-0.25, -0.2) is 0 Å². The van der Waals surface area contributed by atoms with E-state index in [1.807, 2.05) is 18.2 Å². The minimum Gasteiger partial charge on any atom is -0.497 e. The highest BCUT2D eigenvalue weighted by atomic mass is 16.5. The number of Topliss-reactive ketones (excluding diaryl/α,β-unsaturated/α-hetero) is 1. The van der Waals surface area contributed by atoms with Crippen LogP contribution in [0.4, 0.5) is 5.69 Å². The molecule has 2 unspecified atom stereocenters. The van der Waals surface area contributed by atoms with Gasteiger partial charge in [-0.05, 0) is 30.9 Å². The standard InChI is InChI=1S/C18H27NO2/c1-4-6-14-9-10-18(20)15(11-14)13-19(2)16-7-5-8-17(12-16)21-3/h5,7-8,12,14-15H,4,6,9-11,13H2,1-3H3. The van der Waals surface area contributed by atoms with E-state index >= 15 is 0 Å². The van der Waals surface area contributed by atoms with Crippen molar-refractivity contribution in [1.29, 1.82) is 0 Å². The zero-order valence-electron chi connectivity index (χ0n) is 13.5. The second-order valence-corrected chi connectivity index (χ2v) is 6.17. The molecule has 0 aromatic heterocycles. The van der Waals surface area contributed by atoms with Crippen LogP contribution in [0.2, 0.25) is 0 Å². The maximum atomic E-state index is 12.2. The lowest BCUT2D eigenvalue weighted by Gasteiger charge is -2.31. The molecule has 116 valence electrons. The number of anilines is 1. The van der Waals surface area contributed by atoms with Gasteiger partial charge in [-0.15, -0.1) is 0 Å². The van der Waals surface area contributed by atoms with Gasteiger partial charge >= 0.3 is 0 Å². The molecule has 3 nitrogen and oxygen atoms in total. The fourth-order valence-corrected chi connectivity index (χ4v) is 3.33. The third-order valence-electron chi connectivity index (χ3n) is 4.56. The highest BCUT2D eigenvalue weighted by Crippen LogP contribution is 2.31. The first-order valence-corrected chi connectivity index (χ1v) is 8.02. The molecular formula is C18H27NO2. The monoisotopic (exact) mass is 289 g/mol. The van der Waals surface area contributed by atoms with Crippen LogP contribution in [-0.4, -0.2) is 26.5 Å². The molecule has 3 heteroatoms. The van der Waals surface area contributed by atoms with E-state index in [4.69, 9.17) is 4.74 Å². The summed E-state index contributed by atoms with van der Waals surface area (Å²) in [7, 11) is 3.74. The maximum absolute atomic E-state index is 12.2. The van der Waals surface area contributed by atoms with Crippen molar-refractivity contribution in [3.8, 4) is 5.75 Å². The van der Waals surface area contributed by atoms with Crippen LogP contribution in [-0.2, 0) is 4.79 Å². The summed E-state index contributed by atoms with van der Waals surface area (Å²) in [5, 5.41) is 0. The van der Waals surface area contributed by atoms with Gasteiger partial charge in [0.15, 0.2) is 0 Å². The molecule has 1 aliphatic carbocycles. The van der Waals surface area contributed by atoms with Gasteiger partial charge in [-0.1, -0.05) is 25.8 Å². The Balaban J connectivity index is 1.99. The van der Waals surface area contributed by atoms with Crippen LogP contribution < -0.4 is 9.64 Å². The van der Waals surface area contributed by atoms with Gasteiger partial charge in [0, 0.05) is 37.7 Å². The zero-order chi connectivity index (χ0) is 15.2. The number of carbonyl (C=O) groups is 1. The molecule has 1 saturated carbocycles. The number of hydrogen-bond acceptors (Lipinski definition) is 3. The van der Waals surface area contributed by atoms with Gasteiger partial charge in [0.2, 0.25) is 0 Å². The molecular weight excluding hydrogens is 262 g/mol. The van der Waals surface area contributed by atoms with E-state index < -0.39 is 0 Å². The molecule has 0 amide bonds. The summed E-state index contributed by atoms with van der Waals surface area (Å²) in [6, 6.07) is 8.03. The second-order valence-electron chi connectivity index (χ2n) is 6.17. The summed E-state index contributed by atoms with van der Waals surface area (Å²) in [5.41, 5.74) is 1.11. The molecule has 2 atom stereocenters. The van der Waals surface area contributed by atoms with Gasteiger partial charge in [-0.3, -0.25) is 4.79 Å². The lowest BCUT2D eigenvalue weighted by atomic mass is 9.78. The molecule has 1 aromatic rings. The minimum absolute atomic E-state index is 0.187. The fraction of sp³-hybridized carbons (Fsp3) is 0.611. The van der Waals surface area contributed by atoms with Gasteiger partial charge in [0.05, 0.1) is 7.11 Å². The Morgan fingerprint density at radius 1 is 1.38 bits per heavy atom. The molecule has 0 radical (unpaired) electrons. The van der Waals surface area contributed by atoms with Crippen molar-refractivity contribution in [3.05, 3.63) is 24.3 Å². The Bertz CT molecular complexity index is 472. The van der Waals surface area contributed by atoms with E-state index in [1.54, 1.807) is 7.11 Å². The largest absolute Gasteiger partial charge is 0.497 e. The van der Waals surface area contributed by atoms with Crippen molar-refractivity contribution in [2.45, 2.75) is 39.0 Å². The number of ether oxygens (including phenoxy) is 1. The van der Waals surface area contributed by atoms with Crippen molar-refractivity contribution < 1.29 is 9.53 Å². The molecule has 0 spiro atoms. The van der Waals surface area contributed by atoms with Crippen LogP contribution in [0.5, 0.6) is 5.75 Å². The molecule has 1 aliphatic rings. The predicted molar refractivity (Wildman–Crippen MR) is 87.0 cm³/mol. The Hall–Kier alpha value is -1.51. The molecule has 0 saturated heterocycles. The quantitative estimate of drug-likeness (QED) is 0.795. The first-order valence-electron chi connectivity index (χ1n) is 8.02. The van der Waals surface area contributed by atoms with E-state index in [0.29, 0.717) is 5.78 Å². The first kappa shape index (κ1) is 15.9. The molecule has 0 bridgehead atoms. The number of nitrogens with zero attached hydrogens (tertiary/aromatic N) is 1. The number of methoxy groups -OCH3 is 1. The molecule has 1 aromatic carbocycles. The molecule has 1 fully saturated rings. The SMILES string of the molecule is CCCC1CCC(=O)C(CN(C)c2cccc(OC)c2)C1. The number of rotatable bonds is 6. The summed E-state index contributed by atoms with van der Waals surface area (Å²) in [6.45, 7) is 3.04. The van der Waals surface area contributed by atoms with Crippen LogP contribution in [0.15, 0.2) is 24.3 Å². The number of benzene rings is 1. The topological polar surface area (TPSA) is 29.5 Å². The average Bonchev–Trinajstić information content (AvgIpc) is 2.51. The Morgan fingerprint density at radius 2 is 2.19 bits per heavy atom. The van der Waals surface area contributed by atoms with Gasteiger partial charge in [0.1, 0.15) is 11.5 Å². The van der Waals surface area contributed by atoms with Crippen molar-refractivity contribution in [2.75, 3.05) is 25.6 Å². The van der Waals surface area contributed by atoms with Crippen molar-refractivity contribution in [3.63, 3.8) is 0 Å². The summed E-state index contributed by atoms with van der Waals surface area (Å²) in [6.07, 6.45) is 5.39. The van der Waals surface area contributed by atoms with Crippen molar-refractivity contribution in [2.24, 2.45) is 11.8 Å². The zero-order valence-corrected chi connectivity index (χ0v) is 13.5. The van der Waals surface area contributed by atoms with Gasteiger partial charge in [-0.2, -0.15) is 0 Å². The van der Waals surface area contributed by atoms with Crippen molar-refractivity contribution in [1.82, 2.24) is 0 Å². The molecule has 0 heterocycles. The van der Waals surface area contributed by atoms with E-state index in [-0.39, 0.29) is 5.92 Å². The van der Waals surface area contributed by atoms with E-state index in [2.05, 4.69) is 24.9 Å². The predicted octanol–water partition coefficient (Wildman–Crippen LogP) is 3.92. The molecule has 21 heavy (non-hydrogen) atoms. The van der Waals surface area contributed by atoms with Gasteiger partial charge in [0.25, 0.3) is 0 Å². The molecule has 0 aliphatic heterocycles. The van der Waals surface area contributed by atoms with Crippen LogP contribution in [0.1, 0.15) is 39.0 Å². The van der Waals surface area contributed by atoms with Crippen LogP contribution >= 0.6 is 0 Å². The highest BCUT2D eigenvalue weighted by molar-refractivity contribution is 5.82. The third kappa shape index (κ3) is 4.23. The maximum Gasteiger partial charge on any atom is 0.137 e. The Morgan fingerprint density at radius 3 is 2.90 bits per heavy atom. The van der Waals surface area contributed by atoms with E-state index in [1.165, 1.54) is 12.8 Å². The van der Waals surface area contributed by atoms with E-state index in [0.717, 1.165) is 43.2 Å². The smallest absolute Gasteiger partial charge is 0.137 e. The van der Waals surface area contributed by atoms with Crippen molar-refractivity contribution >= 4 is 11.5 Å². The fourth-order valence-electron chi connectivity index (χ4n) is 3.33. The second kappa shape index (κ2) is 7.48. The third-order valence-corrected chi connectivity index (χ3v) is 4.56. The lowest BCUT2D eigenvalue weighted by Crippen LogP contribution is -2.34. The highest BCUT2D eigenvalue weighted by Gasteiger charge is 2.29. The summed E-state index contributed by atoms with van der Waals surface area (Å²) in [5.74, 6) is 2.22. The minimum atomic E-state index is 0.187. The summed E-state index contributed by atoms with van der Waals surface area (Å²) in [4.78, 5) is 14.4. The number of carbonyl (C=O) groups excluding carboxylic acids is 1. The average molecular weight is 289 g/mol. The number of hydrogen-bond donors (Lipinski definition) is 0. The normalized spacial score (nSPS) is 22.1. The first-order chi connectivity index (χ1) is 10.1. The summed E-state index contributed by atoms with van der Waals surface area (Å²) < 4.78 is 5.27. The Labute approximate surface area is 128 Å². The Kier molecular flexibility index (Phi) is 5.66. The van der Waals surface area contributed by atoms with E-state index in [9.17, 15) is 4.79 Å². The number of ketones is 1. The van der Waals surface area contributed by atoms with Crippen LogP contribution in [0, 0.1) is 11.8 Å². The van der Waals surface area contributed by atoms with Crippen LogP contribution in [0.3, 0.4) is 0 Å².